The summed E-state index contributed by atoms with van der Waals surface area (Å²) in [5, 5.41) is 15.1. The first-order chi connectivity index (χ1) is 12.2. The van der Waals surface area contributed by atoms with Gasteiger partial charge < -0.3 is 19.7 Å². The zero-order valence-corrected chi connectivity index (χ0v) is 15.7. The summed E-state index contributed by atoms with van der Waals surface area (Å²) in [5.41, 5.74) is 0. The summed E-state index contributed by atoms with van der Waals surface area (Å²) in [6.07, 6.45) is 1.85. The third kappa shape index (κ3) is 4.19. The first kappa shape index (κ1) is 17.5. The molecule has 1 saturated heterocycles. The van der Waals surface area contributed by atoms with E-state index in [4.69, 9.17) is 4.99 Å². The van der Waals surface area contributed by atoms with Gasteiger partial charge in [0.2, 0.25) is 0 Å². The predicted molar refractivity (Wildman–Crippen MR) is 103 cm³/mol. The predicted octanol–water partition coefficient (Wildman–Crippen LogP) is 1.64. The Bertz CT molecular complexity index is 711. The standard InChI is InChI=1S/C17H25N7S/c1-4-7-18-17(19-13-15-21-20-14(2)22(15)3)24-10-8-23(9-11-24)16-6-5-12-25-16/h4-6,12H,1,7-11,13H2,2-3H3,(H,18,19). The highest BCUT2D eigenvalue weighted by Gasteiger charge is 2.20. The minimum absolute atomic E-state index is 0.516. The Kier molecular flexibility index (Phi) is 5.70. The number of aliphatic imine (C=N–C) groups is 1. The van der Waals surface area contributed by atoms with E-state index >= 15 is 0 Å². The summed E-state index contributed by atoms with van der Waals surface area (Å²) < 4.78 is 1.98. The van der Waals surface area contributed by atoms with Gasteiger partial charge in [0.15, 0.2) is 11.8 Å². The number of guanidine groups is 1. The van der Waals surface area contributed by atoms with Crippen molar-refractivity contribution in [3.8, 4) is 0 Å². The molecule has 0 atom stereocenters. The van der Waals surface area contributed by atoms with Crippen LogP contribution >= 0.6 is 11.3 Å². The lowest BCUT2D eigenvalue weighted by atomic mass is 10.3. The maximum Gasteiger partial charge on any atom is 0.194 e. The molecule has 8 heteroatoms. The largest absolute Gasteiger partial charge is 0.360 e. The average molecular weight is 360 g/mol. The van der Waals surface area contributed by atoms with Crippen molar-refractivity contribution in [2.45, 2.75) is 13.5 Å². The Balaban J connectivity index is 1.65. The molecule has 0 aliphatic carbocycles. The van der Waals surface area contributed by atoms with Crippen LogP contribution in [0.2, 0.25) is 0 Å². The van der Waals surface area contributed by atoms with Gasteiger partial charge in [0.05, 0.1) is 5.00 Å². The molecular weight excluding hydrogens is 334 g/mol. The minimum Gasteiger partial charge on any atom is -0.360 e. The quantitative estimate of drug-likeness (QED) is 0.500. The number of nitrogens with zero attached hydrogens (tertiary/aromatic N) is 6. The topological polar surface area (TPSA) is 61.6 Å². The molecule has 134 valence electrons. The third-order valence-electron chi connectivity index (χ3n) is 4.35. The van der Waals surface area contributed by atoms with E-state index in [-0.39, 0.29) is 0 Å². The first-order valence-corrected chi connectivity index (χ1v) is 9.34. The number of hydrogen-bond acceptors (Lipinski definition) is 5. The highest BCUT2D eigenvalue weighted by atomic mass is 32.1. The molecular formula is C17H25N7S. The van der Waals surface area contributed by atoms with Gasteiger partial charge in [-0.05, 0) is 24.4 Å². The second kappa shape index (κ2) is 8.15. The van der Waals surface area contributed by atoms with E-state index in [1.54, 1.807) is 11.3 Å². The number of rotatable bonds is 5. The van der Waals surface area contributed by atoms with Crippen LogP contribution in [0.25, 0.3) is 0 Å². The highest BCUT2D eigenvalue weighted by molar-refractivity contribution is 7.14. The van der Waals surface area contributed by atoms with E-state index in [9.17, 15) is 0 Å². The molecule has 0 amide bonds. The smallest absolute Gasteiger partial charge is 0.194 e. The van der Waals surface area contributed by atoms with Crippen LogP contribution in [0.1, 0.15) is 11.6 Å². The molecule has 1 N–H and O–H groups in total. The molecule has 0 unspecified atom stereocenters. The monoisotopic (exact) mass is 359 g/mol. The van der Waals surface area contributed by atoms with Crippen LogP contribution in [0.4, 0.5) is 5.00 Å². The number of nitrogens with one attached hydrogen (secondary N) is 1. The molecule has 3 heterocycles. The zero-order chi connectivity index (χ0) is 17.6. The number of thiophene rings is 1. The fourth-order valence-corrected chi connectivity index (χ4v) is 3.54. The van der Waals surface area contributed by atoms with E-state index in [0.29, 0.717) is 13.1 Å². The molecule has 7 nitrogen and oxygen atoms in total. The average Bonchev–Trinajstić information content (AvgIpc) is 3.28. The van der Waals surface area contributed by atoms with E-state index in [1.165, 1.54) is 5.00 Å². The number of anilines is 1. The van der Waals surface area contributed by atoms with E-state index in [2.05, 4.69) is 49.4 Å². The molecule has 0 aromatic carbocycles. The maximum atomic E-state index is 4.76. The molecule has 0 radical (unpaired) electrons. The Morgan fingerprint density at radius 3 is 2.76 bits per heavy atom. The number of aromatic nitrogens is 3. The Morgan fingerprint density at radius 1 is 1.36 bits per heavy atom. The SMILES string of the molecule is C=CCNC(=NCc1nnc(C)n1C)N1CCN(c2cccs2)CC1. The fraction of sp³-hybridized carbons (Fsp3) is 0.471. The van der Waals surface area contributed by atoms with Crippen LogP contribution in [0.15, 0.2) is 35.2 Å². The Labute approximate surface area is 152 Å². The van der Waals surface area contributed by atoms with Crippen LogP contribution < -0.4 is 10.2 Å². The van der Waals surface area contributed by atoms with Crippen LogP contribution in [0, 0.1) is 6.92 Å². The second-order valence-corrected chi connectivity index (χ2v) is 6.88. The fourth-order valence-electron chi connectivity index (χ4n) is 2.75. The number of piperazine rings is 1. The Hall–Kier alpha value is -2.35. The molecule has 1 aliphatic rings. The van der Waals surface area contributed by atoms with Crippen LogP contribution in [-0.2, 0) is 13.6 Å². The molecule has 25 heavy (non-hydrogen) atoms. The van der Waals surface area contributed by atoms with Crippen molar-refractivity contribution in [1.82, 2.24) is 25.0 Å². The molecule has 1 fully saturated rings. The van der Waals surface area contributed by atoms with Crippen molar-refractivity contribution < 1.29 is 0 Å². The van der Waals surface area contributed by atoms with Gasteiger partial charge in [0.25, 0.3) is 0 Å². The molecule has 0 bridgehead atoms. The summed E-state index contributed by atoms with van der Waals surface area (Å²) in [4.78, 5) is 9.49. The van der Waals surface area contributed by atoms with Gasteiger partial charge in [0.1, 0.15) is 12.4 Å². The number of aryl methyl sites for hydroxylation is 1. The summed E-state index contributed by atoms with van der Waals surface area (Å²) >= 11 is 1.79. The van der Waals surface area contributed by atoms with Crippen LogP contribution in [0.3, 0.4) is 0 Å². The summed E-state index contributed by atoms with van der Waals surface area (Å²) in [7, 11) is 1.97. The minimum atomic E-state index is 0.516. The van der Waals surface area contributed by atoms with E-state index in [1.807, 2.05) is 24.6 Å². The first-order valence-electron chi connectivity index (χ1n) is 8.46. The summed E-state index contributed by atoms with van der Waals surface area (Å²) in [5.74, 6) is 2.68. The van der Waals surface area contributed by atoms with Gasteiger partial charge in [-0.2, -0.15) is 0 Å². The van der Waals surface area contributed by atoms with Gasteiger partial charge in [-0.15, -0.1) is 28.1 Å². The lowest BCUT2D eigenvalue weighted by molar-refractivity contribution is 0.374. The third-order valence-corrected chi connectivity index (χ3v) is 5.28. The van der Waals surface area contributed by atoms with Crippen molar-refractivity contribution in [3.05, 3.63) is 41.8 Å². The van der Waals surface area contributed by atoms with Crippen molar-refractivity contribution in [2.75, 3.05) is 37.6 Å². The van der Waals surface area contributed by atoms with Crippen molar-refractivity contribution >= 4 is 22.3 Å². The van der Waals surface area contributed by atoms with Gasteiger partial charge in [-0.1, -0.05) is 6.08 Å². The molecule has 0 saturated carbocycles. The van der Waals surface area contributed by atoms with Gasteiger partial charge in [-0.25, -0.2) is 4.99 Å². The molecule has 2 aromatic rings. The van der Waals surface area contributed by atoms with Crippen molar-refractivity contribution in [2.24, 2.45) is 12.0 Å². The highest BCUT2D eigenvalue weighted by Crippen LogP contribution is 2.22. The van der Waals surface area contributed by atoms with Gasteiger partial charge >= 0.3 is 0 Å². The van der Waals surface area contributed by atoms with Crippen molar-refractivity contribution in [1.29, 1.82) is 0 Å². The van der Waals surface area contributed by atoms with Crippen LogP contribution in [-0.4, -0.2) is 58.3 Å². The van der Waals surface area contributed by atoms with Crippen molar-refractivity contribution in [3.63, 3.8) is 0 Å². The second-order valence-electron chi connectivity index (χ2n) is 5.96. The molecule has 0 spiro atoms. The normalized spacial score (nSPS) is 15.5. The molecule has 2 aromatic heterocycles. The molecule has 3 rings (SSSR count). The Morgan fingerprint density at radius 2 is 2.16 bits per heavy atom. The molecule has 1 aliphatic heterocycles. The van der Waals surface area contributed by atoms with Gasteiger partial charge in [0, 0.05) is 39.8 Å². The van der Waals surface area contributed by atoms with E-state index in [0.717, 1.165) is 43.8 Å². The van der Waals surface area contributed by atoms with E-state index < -0.39 is 0 Å². The lowest BCUT2D eigenvalue weighted by Crippen LogP contribution is -2.52. The summed E-state index contributed by atoms with van der Waals surface area (Å²) in [6.45, 7) is 10.8. The maximum absolute atomic E-state index is 4.76. The summed E-state index contributed by atoms with van der Waals surface area (Å²) in [6, 6.07) is 4.29. The zero-order valence-electron chi connectivity index (χ0n) is 14.9. The lowest BCUT2D eigenvalue weighted by Gasteiger charge is -2.37. The van der Waals surface area contributed by atoms with Gasteiger partial charge in [-0.3, -0.25) is 0 Å². The number of hydrogen-bond donors (Lipinski definition) is 1. The van der Waals surface area contributed by atoms with Crippen LogP contribution in [0.5, 0.6) is 0 Å².